The monoisotopic (exact) mass is 631 g/mol. The van der Waals surface area contributed by atoms with Gasteiger partial charge in [-0.1, -0.05) is 60.0 Å². The Morgan fingerprint density at radius 1 is 0.905 bits per heavy atom. The van der Waals surface area contributed by atoms with Crippen LogP contribution in [0.15, 0.2) is 65.6 Å². The molecule has 42 heavy (non-hydrogen) atoms. The Labute approximate surface area is 259 Å². The van der Waals surface area contributed by atoms with Crippen molar-refractivity contribution < 1.29 is 18.0 Å². The highest BCUT2D eigenvalue weighted by atomic mass is 35.5. The number of hydrogen-bond acceptors (Lipinski definition) is 4. The number of benzene rings is 3. The molecule has 226 valence electrons. The molecule has 10 heteroatoms. The SMILES string of the molecule is CC[C@@H](C(=O)NC(C)(C)C)N(Cc1c(Cl)cccc1Cl)C(=O)CN(c1ccc(C)c(C)c1)S(=O)(=O)c1ccc(C)cc1. The van der Waals surface area contributed by atoms with E-state index in [0.717, 1.165) is 21.0 Å². The Morgan fingerprint density at radius 2 is 1.50 bits per heavy atom. The lowest BCUT2D eigenvalue weighted by atomic mass is 10.1. The van der Waals surface area contributed by atoms with Gasteiger partial charge in [0.15, 0.2) is 0 Å². The van der Waals surface area contributed by atoms with Crippen LogP contribution in [0, 0.1) is 20.8 Å². The summed E-state index contributed by atoms with van der Waals surface area (Å²) < 4.78 is 29.2. The number of halogens is 2. The molecule has 1 atom stereocenters. The van der Waals surface area contributed by atoms with Crippen molar-refractivity contribution in [1.82, 2.24) is 10.2 Å². The largest absolute Gasteiger partial charge is 0.350 e. The maximum Gasteiger partial charge on any atom is 0.264 e. The Bertz CT molecular complexity index is 1530. The van der Waals surface area contributed by atoms with Crippen LogP contribution >= 0.6 is 23.2 Å². The van der Waals surface area contributed by atoms with Crippen molar-refractivity contribution in [2.45, 2.75) is 77.9 Å². The van der Waals surface area contributed by atoms with E-state index in [0.29, 0.717) is 21.3 Å². The normalized spacial score (nSPS) is 12.5. The molecule has 3 rings (SSSR count). The highest BCUT2D eigenvalue weighted by Gasteiger charge is 2.35. The summed E-state index contributed by atoms with van der Waals surface area (Å²) in [6, 6.07) is 15.8. The number of sulfonamides is 1. The van der Waals surface area contributed by atoms with E-state index in [1.807, 2.05) is 47.6 Å². The second-order valence-electron chi connectivity index (χ2n) is 11.5. The number of carbonyl (C=O) groups excluding carboxylic acids is 2. The van der Waals surface area contributed by atoms with Crippen LogP contribution in [-0.4, -0.2) is 43.3 Å². The molecule has 0 saturated heterocycles. The summed E-state index contributed by atoms with van der Waals surface area (Å²) in [5, 5.41) is 3.63. The van der Waals surface area contributed by atoms with Gasteiger partial charge in [-0.25, -0.2) is 8.42 Å². The molecule has 0 saturated carbocycles. The Hall–Kier alpha value is -3.07. The van der Waals surface area contributed by atoms with Gasteiger partial charge in [0.25, 0.3) is 10.0 Å². The minimum Gasteiger partial charge on any atom is -0.350 e. The van der Waals surface area contributed by atoms with Gasteiger partial charge in [-0.2, -0.15) is 0 Å². The second-order valence-corrected chi connectivity index (χ2v) is 14.2. The highest BCUT2D eigenvalue weighted by molar-refractivity contribution is 7.92. The van der Waals surface area contributed by atoms with Crippen LogP contribution in [0.4, 0.5) is 5.69 Å². The Balaban J connectivity index is 2.14. The van der Waals surface area contributed by atoms with Gasteiger partial charge >= 0.3 is 0 Å². The van der Waals surface area contributed by atoms with Gasteiger partial charge in [-0.05, 0) is 95.5 Å². The standard InChI is InChI=1S/C32H39Cl2N3O4S/c1-8-29(31(39)35-32(5,6)7)36(19-26-27(33)10-9-11-28(26)34)30(38)20-37(24-15-14-22(3)23(4)18-24)42(40,41)25-16-12-21(2)13-17-25/h9-18,29H,8,19-20H2,1-7H3,(H,35,39)/t29-/m0/s1. The Morgan fingerprint density at radius 3 is 2.02 bits per heavy atom. The highest BCUT2D eigenvalue weighted by Crippen LogP contribution is 2.29. The topological polar surface area (TPSA) is 86.8 Å². The number of anilines is 1. The molecule has 0 radical (unpaired) electrons. The number of rotatable bonds is 10. The smallest absolute Gasteiger partial charge is 0.264 e. The first-order chi connectivity index (χ1) is 19.5. The van der Waals surface area contributed by atoms with E-state index in [-0.39, 0.29) is 23.8 Å². The molecule has 1 N–H and O–H groups in total. The van der Waals surface area contributed by atoms with Crippen LogP contribution < -0.4 is 9.62 Å². The fraction of sp³-hybridized carbons (Fsp3) is 0.375. The first kappa shape index (κ1) is 33.4. The number of nitrogens with zero attached hydrogens (tertiary/aromatic N) is 2. The lowest BCUT2D eigenvalue weighted by Crippen LogP contribution is -2.55. The predicted octanol–water partition coefficient (Wildman–Crippen LogP) is 6.84. The average Bonchev–Trinajstić information content (AvgIpc) is 2.89. The molecule has 0 bridgehead atoms. The molecule has 0 fully saturated rings. The summed E-state index contributed by atoms with van der Waals surface area (Å²) >= 11 is 13.0. The van der Waals surface area contributed by atoms with Crippen molar-refractivity contribution in [3.05, 3.63) is 93.0 Å². The van der Waals surface area contributed by atoms with E-state index in [9.17, 15) is 18.0 Å². The van der Waals surface area contributed by atoms with Crippen molar-refractivity contribution in [2.24, 2.45) is 0 Å². The molecular formula is C32H39Cl2N3O4S. The number of amides is 2. The van der Waals surface area contributed by atoms with Crippen molar-refractivity contribution in [1.29, 1.82) is 0 Å². The summed E-state index contributed by atoms with van der Waals surface area (Å²) in [6.45, 7) is 12.4. The molecule has 2 amide bonds. The third kappa shape index (κ3) is 8.06. The third-order valence-corrected chi connectivity index (χ3v) is 9.44. The van der Waals surface area contributed by atoms with Crippen LogP contribution in [0.25, 0.3) is 0 Å². The first-order valence-electron chi connectivity index (χ1n) is 13.8. The van der Waals surface area contributed by atoms with Crippen molar-refractivity contribution in [3.63, 3.8) is 0 Å². The quantitative estimate of drug-likeness (QED) is 0.265. The zero-order valence-corrected chi connectivity index (χ0v) is 27.5. The van der Waals surface area contributed by atoms with Gasteiger partial charge < -0.3 is 10.2 Å². The molecule has 0 aliphatic carbocycles. The van der Waals surface area contributed by atoms with Crippen LogP contribution in [0.5, 0.6) is 0 Å². The van der Waals surface area contributed by atoms with Gasteiger partial charge in [0.05, 0.1) is 10.6 Å². The van der Waals surface area contributed by atoms with Crippen LogP contribution in [0.3, 0.4) is 0 Å². The van der Waals surface area contributed by atoms with E-state index in [1.54, 1.807) is 49.4 Å². The summed E-state index contributed by atoms with van der Waals surface area (Å²) in [6.07, 6.45) is 0.282. The van der Waals surface area contributed by atoms with E-state index in [1.165, 1.54) is 17.0 Å². The number of carbonyl (C=O) groups is 2. The Kier molecular flexibility index (Phi) is 10.7. The number of nitrogens with one attached hydrogen (secondary N) is 1. The minimum absolute atomic E-state index is 0.0531. The zero-order valence-electron chi connectivity index (χ0n) is 25.2. The van der Waals surface area contributed by atoms with E-state index in [4.69, 9.17) is 23.2 Å². The van der Waals surface area contributed by atoms with Gasteiger partial charge in [0.2, 0.25) is 11.8 Å². The molecule has 0 aromatic heterocycles. The van der Waals surface area contributed by atoms with Crippen LogP contribution in [-0.2, 0) is 26.2 Å². The van der Waals surface area contributed by atoms with Gasteiger partial charge in [0, 0.05) is 27.7 Å². The number of aryl methyl sites for hydroxylation is 3. The fourth-order valence-corrected chi connectivity index (χ4v) is 6.40. The maximum absolute atomic E-state index is 14.3. The first-order valence-corrected chi connectivity index (χ1v) is 16.0. The van der Waals surface area contributed by atoms with Crippen molar-refractivity contribution >= 4 is 50.7 Å². The molecule has 0 aliphatic heterocycles. The van der Waals surface area contributed by atoms with Crippen molar-refractivity contribution in [3.8, 4) is 0 Å². The van der Waals surface area contributed by atoms with Crippen LogP contribution in [0.2, 0.25) is 10.0 Å². The number of hydrogen-bond donors (Lipinski definition) is 1. The molecule has 0 spiro atoms. The fourth-order valence-electron chi connectivity index (χ4n) is 4.47. The molecule has 0 unspecified atom stereocenters. The molecule has 0 heterocycles. The average molecular weight is 633 g/mol. The maximum atomic E-state index is 14.3. The van der Waals surface area contributed by atoms with Gasteiger partial charge in [-0.15, -0.1) is 0 Å². The van der Waals surface area contributed by atoms with Crippen LogP contribution in [0.1, 0.15) is 56.4 Å². The van der Waals surface area contributed by atoms with Crippen molar-refractivity contribution in [2.75, 3.05) is 10.8 Å². The lowest BCUT2D eigenvalue weighted by molar-refractivity contribution is -0.141. The van der Waals surface area contributed by atoms with Gasteiger partial charge in [0.1, 0.15) is 12.6 Å². The summed E-state index contributed by atoms with van der Waals surface area (Å²) in [5.41, 5.74) is 3.02. The summed E-state index contributed by atoms with van der Waals surface area (Å²) in [4.78, 5) is 29.2. The molecule has 0 aliphatic rings. The molecule has 7 nitrogen and oxygen atoms in total. The molecule has 3 aromatic carbocycles. The van der Waals surface area contributed by atoms with E-state index in [2.05, 4.69) is 5.32 Å². The summed E-state index contributed by atoms with van der Waals surface area (Å²) in [5.74, 6) is -0.934. The molecule has 3 aromatic rings. The third-order valence-electron chi connectivity index (χ3n) is 6.94. The minimum atomic E-state index is -4.17. The van der Waals surface area contributed by atoms with E-state index >= 15 is 0 Å². The van der Waals surface area contributed by atoms with Gasteiger partial charge in [-0.3, -0.25) is 13.9 Å². The zero-order chi connectivity index (χ0) is 31.4. The summed E-state index contributed by atoms with van der Waals surface area (Å²) in [7, 11) is -4.17. The lowest BCUT2D eigenvalue weighted by Gasteiger charge is -2.35. The molecular weight excluding hydrogens is 593 g/mol. The second kappa shape index (κ2) is 13.5. The van der Waals surface area contributed by atoms with E-state index < -0.39 is 34.1 Å². The predicted molar refractivity (Wildman–Crippen MR) is 171 cm³/mol.